The number of aliphatic carboxylic acids is 1. The molecule has 0 radical (unpaired) electrons. The van der Waals surface area contributed by atoms with Crippen LogP contribution in [0.3, 0.4) is 0 Å². The minimum absolute atomic E-state index is 0.346. The van der Waals surface area contributed by atoms with Crippen molar-refractivity contribution >= 4 is 11.9 Å². The molecule has 4 nitrogen and oxygen atoms in total. The molecular weight excluding hydrogens is 256 g/mol. The average Bonchev–Trinajstić information content (AvgIpc) is 2.40. The van der Waals surface area contributed by atoms with Crippen molar-refractivity contribution in [2.24, 2.45) is 5.92 Å². The molecule has 0 amide bonds. The Kier molecular flexibility index (Phi) is 6.22. The molecule has 0 fully saturated rings. The Labute approximate surface area is 119 Å². The quantitative estimate of drug-likeness (QED) is 0.611. The van der Waals surface area contributed by atoms with E-state index in [1.54, 1.807) is 24.3 Å². The fourth-order valence-corrected chi connectivity index (χ4v) is 2.33. The minimum atomic E-state index is -0.878. The molecule has 0 aliphatic heterocycles. The lowest BCUT2D eigenvalue weighted by Crippen LogP contribution is -2.17. The lowest BCUT2D eigenvalue weighted by Gasteiger charge is -2.20. The number of esters is 1. The van der Waals surface area contributed by atoms with Crippen molar-refractivity contribution in [2.45, 2.75) is 46.0 Å². The summed E-state index contributed by atoms with van der Waals surface area (Å²) in [5, 5.41) is 9.48. The van der Waals surface area contributed by atoms with E-state index in [4.69, 9.17) is 4.74 Å². The topological polar surface area (TPSA) is 63.6 Å². The number of benzene rings is 1. The number of hydrogen-bond donors (Lipinski definition) is 1. The summed E-state index contributed by atoms with van der Waals surface area (Å²) in [6.45, 7) is 5.43. The molecule has 1 aromatic rings. The number of para-hydroxylation sites is 1. The summed E-state index contributed by atoms with van der Waals surface area (Å²) in [6.07, 6.45) is 2.44. The van der Waals surface area contributed by atoms with Crippen LogP contribution in [0.2, 0.25) is 0 Å². The van der Waals surface area contributed by atoms with Crippen molar-refractivity contribution in [3.63, 3.8) is 0 Å². The molecular formula is C16H22O4. The molecule has 1 unspecified atom stereocenters. The van der Waals surface area contributed by atoms with Gasteiger partial charge in [0.1, 0.15) is 5.75 Å². The summed E-state index contributed by atoms with van der Waals surface area (Å²) in [4.78, 5) is 22.7. The molecule has 1 atom stereocenters. The first-order valence-corrected chi connectivity index (χ1v) is 6.99. The van der Waals surface area contributed by atoms with Crippen molar-refractivity contribution in [3.05, 3.63) is 29.8 Å². The van der Waals surface area contributed by atoms with Gasteiger partial charge in [0.05, 0.1) is 5.92 Å². The molecule has 0 aliphatic carbocycles. The van der Waals surface area contributed by atoms with E-state index in [1.807, 2.05) is 0 Å². The van der Waals surface area contributed by atoms with E-state index in [2.05, 4.69) is 13.8 Å². The Morgan fingerprint density at radius 1 is 1.20 bits per heavy atom. The molecule has 0 spiro atoms. The number of carbonyl (C=O) groups is 2. The van der Waals surface area contributed by atoms with E-state index >= 15 is 0 Å². The Bertz CT molecular complexity index is 463. The van der Waals surface area contributed by atoms with Gasteiger partial charge < -0.3 is 9.84 Å². The van der Waals surface area contributed by atoms with Crippen LogP contribution in [0.1, 0.15) is 51.5 Å². The smallest absolute Gasteiger partial charge is 0.311 e. The maximum Gasteiger partial charge on any atom is 0.311 e. The van der Waals surface area contributed by atoms with Crippen LogP contribution in [0.4, 0.5) is 0 Å². The third-order valence-corrected chi connectivity index (χ3v) is 3.57. The highest BCUT2D eigenvalue weighted by molar-refractivity contribution is 5.78. The zero-order chi connectivity index (χ0) is 15.1. The second kappa shape index (κ2) is 7.68. The van der Waals surface area contributed by atoms with Crippen LogP contribution in [-0.2, 0) is 9.59 Å². The molecule has 0 aliphatic rings. The van der Waals surface area contributed by atoms with Crippen molar-refractivity contribution in [3.8, 4) is 5.75 Å². The maximum atomic E-state index is 11.6. The molecule has 1 rings (SSSR count). The van der Waals surface area contributed by atoms with Gasteiger partial charge in [-0.25, -0.2) is 0 Å². The van der Waals surface area contributed by atoms with Crippen LogP contribution in [0, 0.1) is 5.92 Å². The maximum absolute atomic E-state index is 11.6. The lowest BCUT2D eigenvalue weighted by molar-refractivity contribution is -0.139. The van der Waals surface area contributed by atoms with Gasteiger partial charge in [0.25, 0.3) is 0 Å². The number of hydrogen-bond acceptors (Lipinski definition) is 3. The van der Waals surface area contributed by atoms with Crippen LogP contribution in [0.5, 0.6) is 5.75 Å². The first kappa shape index (κ1) is 16.2. The number of carboxylic acids is 1. The van der Waals surface area contributed by atoms with E-state index < -0.39 is 17.9 Å². The Balaban J connectivity index is 3.08. The number of ether oxygens (including phenoxy) is 1. The highest BCUT2D eigenvalue weighted by atomic mass is 16.5. The molecule has 1 N–H and O–H groups in total. The third-order valence-electron chi connectivity index (χ3n) is 3.57. The molecule has 0 saturated carbocycles. The van der Waals surface area contributed by atoms with Gasteiger partial charge in [-0.3, -0.25) is 9.59 Å². The third kappa shape index (κ3) is 4.37. The van der Waals surface area contributed by atoms with Gasteiger partial charge in [0.2, 0.25) is 0 Å². The van der Waals surface area contributed by atoms with E-state index in [-0.39, 0.29) is 0 Å². The monoisotopic (exact) mass is 278 g/mol. The number of rotatable bonds is 7. The summed E-state index contributed by atoms with van der Waals surface area (Å²) in [5.74, 6) is -1.27. The molecule has 0 aromatic heterocycles. The summed E-state index contributed by atoms with van der Waals surface area (Å²) in [6, 6.07) is 6.86. The van der Waals surface area contributed by atoms with Gasteiger partial charge in [0, 0.05) is 12.5 Å². The molecule has 4 heteroatoms. The van der Waals surface area contributed by atoms with Crippen LogP contribution < -0.4 is 4.74 Å². The van der Waals surface area contributed by atoms with Crippen LogP contribution in [-0.4, -0.2) is 17.0 Å². The van der Waals surface area contributed by atoms with E-state index in [0.717, 1.165) is 12.8 Å². The second-order valence-electron chi connectivity index (χ2n) is 4.94. The van der Waals surface area contributed by atoms with E-state index in [9.17, 15) is 14.7 Å². The van der Waals surface area contributed by atoms with Gasteiger partial charge >= 0.3 is 11.9 Å². The van der Waals surface area contributed by atoms with Crippen LogP contribution in [0.25, 0.3) is 0 Å². The Hall–Kier alpha value is -1.84. The normalized spacial score (nSPS) is 12.2. The molecule has 0 saturated heterocycles. The molecule has 0 bridgehead atoms. The van der Waals surface area contributed by atoms with Crippen molar-refractivity contribution in [1.29, 1.82) is 0 Å². The first-order chi connectivity index (χ1) is 9.49. The Morgan fingerprint density at radius 2 is 1.80 bits per heavy atom. The summed E-state index contributed by atoms with van der Waals surface area (Å²) >= 11 is 0. The summed E-state index contributed by atoms with van der Waals surface area (Å²) in [7, 11) is 0. The fraction of sp³-hybridized carbons (Fsp3) is 0.500. The van der Waals surface area contributed by atoms with Gasteiger partial charge in [-0.15, -0.1) is 0 Å². The highest BCUT2D eigenvalue weighted by Crippen LogP contribution is 2.33. The SMILES string of the molecule is CCC(CC)CC(C(=O)O)c1ccccc1OC(C)=O. The second-order valence-corrected chi connectivity index (χ2v) is 4.94. The predicted octanol–water partition coefficient (Wildman–Crippen LogP) is 3.61. The standard InChI is InChI=1S/C16H22O4/c1-4-12(5-2)10-14(16(18)19)13-8-6-7-9-15(13)20-11(3)17/h6-9,12,14H,4-5,10H2,1-3H3,(H,18,19). The number of carboxylic acid groups (broad SMARTS) is 1. The van der Waals surface area contributed by atoms with E-state index in [1.165, 1.54) is 6.92 Å². The zero-order valence-electron chi connectivity index (χ0n) is 12.3. The van der Waals surface area contributed by atoms with Crippen molar-refractivity contribution < 1.29 is 19.4 Å². The first-order valence-electron chi connectivity index (χ1n) is 6.99. The van der Waals surface area contributed by atoms with Crippen molar-refractivity contribution in [1.82, 2.24) is 0 Å². The van der Waals surface area contributed by atoms with Crippen LogP contribution in [0.15, 0.2) is 24.3 Å². The lowest BCUT2D eigenvalue weighted by atomic mass is 9.86. The van der Waals surface area contributed by atoms with Crippen molar-refractivity contribution in [2.75, 3.05) is 0 Å². The molecule has 0 heterocycles. The molecule has 110 valence electrons. The highest BCUT2D eigenvalue weighted by Gasteiger charge is 2.26. The van der Waals surface area contributed by atoms with Gasteiger partial charge in [-0.1, -0.05) is 44.9 Å². The Morgan fingerprint density at radius 3 is 2.30 bits per heavy atom. The van der Waals surface area contributed by atoms with Crippen LogP contribution >= 0.6 is 0 Å². The van der Waals surface area contributed by atoms with Gasteiger partial charge in [-0.05, 0) is 18.4 Å². The average molecular weight is 278 g/mol. The minimum Gasteiger partial charge on any atom is -0.481 e. The van der Waals surface area contributed by atoms with Gasteiger partial charge in [0.15, 0.2) is 0 Å². The zero-order valence-corrected chi connectivity index (χ0v) is 12.3. The number of carbonyl (C=O) groups excluding carboxylic acids is 1. The molecule has 20 heavy (non-hydrogen) atoms. The fourth-order valence-electron chi connectivity index (χ4n) is 2.33. The molecule has 1 aromatic carbocycles. The summed E-state index contributed by atoms with van der Waals surface area (Å²) < 4.78 is 5.12. The van der Waals surface area contributed by atoms with Gasteiger partial charge in [-0.2, -0.15) is 0 Å². The predicted molar refractivity (Wildman–Crippen MR) is 76.8 cm³/mol. The van der Waals surface area contributed by atoms with E-state index in [0.29, 0.717) is 23.7 Å². The largest absolute Gasteiger partial charge is 0.481 e. The summed E-state index contributed by atoms with van der Waals surface area (Å²) in [5.41, 5.74) is 0.571.